The molecule has 0 aliphatic rings. The highest BCUT2D eigenvalue weighted by atomic mass is 16.1. The number of azo groups is 2. The van der Waals surface area contributed by atoms with Gasteiger partial charge in [0.25, 0.3) is 5.91 Å². The molecule has 7 aromatic rings. The molecule has 0 atom stereocenters. The van der Waals surface area contributed by atoms with E-state index in [0.717, 1.165) is 22.5 Å². The third-order valence-electron chi connectivity index (χ3n) is 6.83. The lowest BCUT2D eigenvalue weighted by molar-refractivity contribution is 0.102. The topological polar surface area (TPSA) is 175 Å². The second-order valence-electron chi connectivity index (χ2n) is 10.1. The number of aromatic amines is 2. The lowest BCUT2D eigenvalue weighted by atomic mass is 10.1. The van der Waals surface area contributed by atoms with E-state index in [1.54, 1.807) is 18.3 Å². The Morgan fingerprint density at radius 2 is 1.08 bits per heavy atom. The van der Waals surface area contributed by atoms with Crippen molar-refractivity contribution in [2.24, 2.45) is 20.5 Å². The average Bonchev–Trinajstić information content (AvgIpc) is 3.74. The van der Waals surface area contributed by atoms with Gasteiger partial charge < -0.3 is 11.1 Å². The Bertz CT molecular complexity index is 2110. The van der Waals surface area contributed by atoms with Gasteiger partial charge in [0.1, 0.15) is 0 Å². The lowest BCUT2D eigenvalue weighted by Crippen LogP contribution is -2.12. The Labute approximate surface area is 275 Å². The van der Waals surface area contributed by atoms with Gasteiger partial charge in [-0.05, 0) is 36.4 Å². The van der Waals surface area contributed by atoms with Gasteiger partial charge in [-0.2, -0.15) is 20.4 Å². The predicted octanol–water partition coefficient (Wildman–Crippen LogP) is 9.21. The van der Waals surface area contributed by atoms with Crippen molar-refractivity contribution in [1.82, 2.24) is 25.4 Å². The minimum absolute atomic E-state index is 0.299. The summed E-state index contributed by atoms with van der Waals surface area (Å²) < 4.78 is 0. The van der Waals surface area contributed by atoms with Gasteiger partial charge in [-0.15, -0.1) is 10.2 Å². The van der Waals surface area contributed by atoms with Crippen molar-refractivity contribution in [3.05, 3.63) is 151 Å². The van der Waals surface area contributed by atoms with E-state index in [2.05, 4.69) is 51.2 Å². The molecule has 0 aliphatic heterocycles. The minimum Gasteiger partial charge on any atom is -0.380 e. The number of nitrogens with zero attached hydrogens (tertiary/aromatic N) is 7. The number of amides is 1. The van der Waals surface area contributed by atoms with E-state index in [4.69, 9.17) is 5.73 Å². The second-order valence-corrected chi connectivity index (χ2v) is 10.1. The summed E-state index contributed by atoms with van der Waals surface area (Å²) in [4.78, 5) is 16.5. The third-order valence-corrected chi connectivity index (χ3v) is 6.83. The number of carbonyl (C=O) groups excluding carboxylic acids is 1. The van der Waals surface area contributed by atoms with E-state index >= 15 is 0 Å². The molecular weight excluding hydrogens is 602 g/mol. The molecule has 0 bridgehead atoms. The van der Waals surface area contributed by atoms with E-state index in [0.29, 0.717) is 40.0 Å². The average molecular weight is 632 g/mol. The van der Waals surface area contributed by atoms with Crippen molar-refractivity contribution < 1.29 is 4.79 Å². The van der Waals surface area contributed by atoms with Crippen LogP contribution in [0.3, 0.4) is 0 Å². The summed E-state index contributed by atoms with van der Waals surface area (Å²) in [6.45, 7) is 0. The van der Waals surface area contributed by atoms with E-state index in [1.807, 2.05) is 121 Å². The fraction of sp³-hybridized carbons (Fsp3) is 0. The molecule has 0 fully saturated rings. The van der Waals surface area contributed by atoms with Crippen LogP contribution in [0.2, 0.25) is 0 Å². The van der Waals surface area contributed by atoms with Crippen molar-refractivity contribution in [2.45, 2.75) is 0 Å². The lowest BCUT2D eigenvalue weighted by Gasteiger charge is -2.03. The number of nitrogens with one attached hydrogen (secondary N) is 3. The van der Waals surface area contributed by atoms with Crippen LogP contribution in [0.5, 0.6) is 0 Å². The van der Waals surface area contributed by atoms with E-state index in [9.17, 15) is 4.79 Å². The Morgan fingerprint density at radius 3 is 1.62 bits per heavy atom. The smallest absolute Gasteiger partial charge is 0.258 e. The van der Waals surface area contributed by atoms with E-state index < -0.39 is 0 Å². The Hall–Kier alpha value is -7.08. The summed E-state index contributed by atoms with van der Waals surface area (Å²) in [6.07, 6.45) is 3.10. The van der Waals surface area contributed by atoms with Crippen LogP contribution in [-0.2, 0) is 0 Å². The fourth-order valence-corrected chi connectivity index (χ4v) is 4.47. The van der Waals surface area contributed by atoms with Crippen LogP contribution in [0.25, 0.3) is 22.5 Å². The van der Waals surface area contributed by atoms with Gasteiger partial charge in [0.15, 0.2) is 23.0 Å². The first-order chi connectivity index (χ1) is 23.7. The minimum atomic E-state index is -0.324. The van der Waals surface area contributed by atoms with Crippen molar-refractivity contribution in [1.29, 1.82) is 0 Å². The summed E-state index contributed by atoms with van der Waals surface area (Å²) in [7, 11) is 0. The van der Waals surface area contributed by atoms with E-state index in [-0.39, 0.29) is 5.91 Å². The van der Waals surface area contributed by atoms with Crippen LogP contribution < -0.4 is 11.1 Å². The first-order valence-corrected chi connectivity index (χ1v) is 14.8. The zero-order chi connectivity index (χ0) is 33.0. The van der Waals surface area contributed by atoms with Crippen molar-refractivity contribution >= 4 is 40.3 Å². The van der Waals surface area contributed by atoms with Crippen LogP contribution in [-0.4, -0.2) is 31.3 Å². The molecule has 3 aromatic heterocycles. The quantitative estimate of drug-likeness (QED) is 0.122. The highest BCUT2D eigenvalue weighted by Crippen LogP contribution is 2.36. The molecule has 0 saturated carbocycles. The molecule has 3 heterocycles. The number of carbonyl (C=O) groups is 1. The molecule has 0 aliphatic carbocycles. The maximum Gasteiger partial charge on any atom is 0.258 e. The monoisotopic (exact) mass is 631 g/mol. The maximum atomic E-state index is 12.5. The number of anilines is 2. The normalized spacial score (nSPS) is 10.9. The summed E-state index contributed by atoms with van der Waals surface area (Å²) in [5.41, 5.74) is 12.0. The fourth-order valence-electron chi connectivity index (χ4n) is 4.47. The molecule has 0 spiro atoms. The summed E-state index contributed by atoms with van der Waals surface area (Å²) in [5, 5.41) is 33.9. The number of rotatable bonds is 8. The van der Waals surface area contributed by atoms with Crippen LogP contribution in [0.4, 0.5) is 34.4 Å². The Balaban J connectivity index is 0.000000177. The summed E-state index contributed by atoms with van der Waals surface area (Å²) in [5.74, 6) is 0.311. The third kappa shape index (κ3) is 7.76. The number of nitrogen functional groups attached to an aromatic ring is 1. The maximum absolute atomic E-state index is 12.5. The molecule has 0 radical (unpaired) electrons. The molecule has 7 rings (SSSR count). The van der Waals surface area contributed by atoms with Crippen LogP contribution >= 0.6 is 0 Å². The zero-order valence-corrected chi connectivity index (χ0v) is 25.5. The summed E-state index contributed by atoms with van der Waals surface area (Å²) in [6, 6.07) is 41.7. The van der Waals surface area contributed by atoms with Crippen molar-refractivity contribution in [2.75, 3.05) is 11.1 Å². The first kappa shape index (κ1) is 30.9. The molecule has 0 saturated heterocycles. The molecule has 5 N–H and O–H groups in total. The number of benzene rings is 4. The molecule has 48 heavy (non-hydrogen) atoms. The predicted molar refractivity (Wildman–Crippen MR) is 186 cm³/mol. The van der Waals surface area contributed by atoms with Crippen molar-refractivity contribution in [3.8, 4) is 22.5 Å². The Morgan fingerprint density at radius 1 is 0.583 bits per heavy atom. The van der Waals surface area contributed by atoms with Crippen molar-refractivity contribution in [3.63, 3.8) is 0 Å². The molecule has 12 nitrogen and oxygen atoms in total. The standard InChI is InChI=1S/C21H16N6O.C15H13N5/c28-21(16-10-7-13-22-14-16)23-20-19(26-24-17-11-5-2-6-12-17)18(25-27-20)15-8-3-1-4-9-15;16-15-14(19-17-12-9-5-2-6-10-12)13(18-20-15)11-7-3-1-4-8-11/h1-14H,(H2,23,25,27,28);1-10H,(H3,16,18,20). The number of pyridine rings is 1. The van der Waals surface area contributed by atoms with E-state index in [1.165, 1.54) is 6.20 Å². The number of hydrogen-bond donors (Lipinski definition) is 4. The number of nitrogens with two attached hydrogens (primary N) is 1. The van der Waals surface area contributed by atoms with Gasteiger partial charge >= 0.3 is 0 Å². The largest absolute Gasteiger partial charge is 0.380 e. The molecule has 12 heteroatoms. The van der Waals surface area contributed by atoms with Gasteiger partial charge in [-0.1, -0.05) is 97.1 Å². The van der Waals surface area contributed by atoms with Crippen LogP contribution in [0.15, 0.2) is 166 Å². The molecule has 1 amide bonds. The van der Waals surface area contributed by atoms with Gasteiger partial charge in [-0.3, -0.25) is 20.0 Å². The second kappa shape index (κ2) is 15.3. The van der Waals surface area contributed by atoms with Gasteiger partial charge in [0.2, 0.25) is 0 Å². The highest BCUT2D eigenvalue weighted by molar-refractivity contribution is 6.05. The van der Waals surface area contributed by atoms with Gasteiger partial charge in [0, 0.05) is 23.5 Å². The number of H-pyrrole nitrogens is 2. The van der Waals surface area contributed by atoms with Crippen LogP contribution in [0, 0.1) is 0 Å². The molecular formula is C36H29N11O. The van der Waals surface area contributed by atoms with Crippen LogP contribution in [0.1, 0.15) is 10.4 Å². The summed E-state index contributed by atoms with van der Waals surface area (Å²) >= 11 is 0. The Kier molecular flexibility index (Phi) is 9.84. The van der Waals surface area contributed by atoms with Gasteiger partial charge in [-0.25, -0.2) is 0 Å². The number of aromatic nitrogens is 5. The van der Waals surface area contributed by atoms with Gasteiger partial charge in [0.05, 0.1) is 28.3 Å². The SMILES string of the molecule is Nc1n[nH]c(-c2ccccc2)c1N=Nc1ccccc1.O=C(Nc1n[nH]c(-c2ccccc2)c1N=Nc1ccccc1)c1cccnc1. The molecule has 0 unspecified atom stereocenters. The first-order valence-electron chi connectivity index (χ1n) is 14.8. The molecule has 4 aromatic carbocycles. The highest BCUT2D eigenvalue weighted by Gasteiger charge is 2.18. The zero-order valence-electron chi connectivity index (χ0n) is 25.5. The number of hydrogen-bond acceptors (Lipinski definition) is 9. The molecule has 234 valence electrons.